The molecular formula is C23H23ClN2O6S. The van der Waals surface area contributed by atoms with Gasteiger partial charge in [0.05, 0.1) is 18.3 Å². The van der Waals surface area contributed by atoms with E-state index in [2.05, 4.69) is 10.6 Å². The number of methoxy groups -OCH3 is 1. The molecule has 0 radical (unpaired) electrons. The van der Waals surface area contributed by atoms with Crippen LogP contribution in [0.4, 0.5) is 0 Å². The second kappa shape index (κ2) is 11.0. The van der Waals surface area contributed by atoms with Gasteiger partial charge in [-0.1, -0.05) is 29.8 Å². The molecule has 0 spiro atoms. The summed E-state index contributed by atoms with van der Waals surface area (Å²) in [5.74, 6) is -0.989. The van der Waals surface area contributed by atoms with Gasteiger partial charge in [0.25, 0.3) is 0 Å². The number of hydrogen-bond acceptors (Lipinski definition) is 6. The normalized spacial score (nSPS) is 12.1. The van der Waals surface area contributed by atoms with Crippen LogP contribution in [0.5, 0.6) is 5.75 Å². The van der Waals surface area contributed by atoms with E-state index in [-0.39, 0.29) is 23.7 Å². The maximum absolute atomic E-state index is 13.1. The molecule has 1 heterocycles. The number of hydrogen-bond donors (Lipinski definition) is 2. The van der Waals surface area contributed by atoms with Crippen molar-refractivity contribution >= 4 is 33.3 Å². The van der Waals surface area contributed by atoms with E-state index in [4.69, 9.17) is 20.8 Å². The van der Waals surface area contributed by atoms with Crippen molar-refractivity contribution in [3.8, 4) is 5.75 Å². The first-order chi connectivity index (χ1) is 15.8. The van der Waals surface area contributed by atoms with Gasteiger partial charge in [-0.25, -0.2) is 8.42 Å². The van der Waals surface area contributed by atoms with E-state index >= 15 is 0 Å². The lowest BCUT2D eigenvalue weighted by molar-refractivity contribution is -0.139. The number of furan rings is 1. The van der Waals surface area contributed by atoms with Crippen LogP contribution in [0.2, 0.25) is 5.02 Å². The van der Waals surface area contributed by atoms with Crippen LogP contribution in [0.15, 0.2) is 76.2 Å². The quantitative estimate of drug-likeness (QED) is 0.446. The van der Waals surface area contributed by atoms with Crippen LogP contribution in [-0.4, -0.2) is 40.4 Å². The van der Waals surface area contributed by atoms with Crippen LogP contribution in [0.3, 0.4) is 0 Å². The molecule has 3 aromatic rings. The summed E-state index contributed by atoms with van der Waals surface area (Å²) < 4.78 is 36.8. The molecule has 0 fully saturated rings. The van der Waals surface area contributed by atoms with Gasteiger partial charge in [-0.05, 0) is 54.4 Å². The number of benzene rings is 2. The van der Waals surface area contributed by atoms with Crippen LogP contribution in [0.1, 0.15) is 16.6 Å². The Kier molecular flexibility index (Phi) is 8.13. The fraction of sp³-hybridized carbons (Fsp3) is 0.217. The second-order valence-corrected chi connectivity index (χ2v) is 9.60. The number of halogens is 1. The average Bonchev–Trinajstić information content (AvgIpc) is 3.34. The monoisotopic (exact) mass is 490 g/mol. The predicted octanol–water partition coefficient (Wildman–Crippen LogP) is 2.93. The van der Waals surface area contributed by atoms with Crippen molar-refractivity contribution in [3.63, 3.8) is 0 Å². The Morgan fingerprint density at radius 1 is 1.00 bits per heavy atom. The number of para-hydroxylation sites is 1. The molecule has 0 saturated heterocycles. The molecule has 2 amide bonds. The van der Waals surface area contributed by atoms with Crippen LogP contribution in [-0.2, 0) is 25.8 Å². The van der Waals surface area contributed by atoms with Gasteiger partial charge < -0.3 is 19.8 Å². The summed E-state index contributed by atoms with van der Waals surface area (Å²) in [6.07, 6.45) is 1.80. The molecule has 3 rings (SSSR count). The minimum atomic E-state index is -3.94. The largest absolute Gasteiger partial charge is 0.496 e. The first-order valence-electron chi connectivity index (χ1n) is 10.0. The third kappa shape index (κ3) is 6.15. The molecule has 8 nitrogen and oxygen atoms in total. The molecule has 0 aliphatic carbocycles. The maximum Gasteiger partial charge on any atom is 0.309 e. The molecule has 0 aliphatic rings. The summed E-state index contributed by atoms with van der Waals surface area (Å²) >= 11 is 5.85. The molecule has 1 atom stereocenters. The molecule has 0 aliphatic heterocycles. The highest BCUT2D eigenvalue weighted by Gasteiger charge is 2.32. The number of carbonyl (C=O) groups is 2. The number of nitrogens with one attached hydrogen (secondary N) is 2. The van der Waals surface area contributed by atoms with Gasteiger partial charge in [-0.3, -0.25) is 9.59 Å². The molecule has 0 unspecified atom stereocenters. The average molecular weight is 491 g/mol. The molecule has 0 saturated carbocycles. The first-order valence-corrected chi connectivity index (χ1v) is 12.0. The molecule has 10 heteroatoms. The third-order valence-corrected chi connectivity index (χ3v) is 7.23. The highest BCUT2D eigenvalue weighted by atomic mass is 35.5. The summed E-state index contributed by atoms with van der Waals surface area (Å²) in [4.78, 5) is 24.5. The standard InChI is InChI=1S/C23H23ClN2O6S/c1-31-19-6-3-2-5-16(19)12-13-25-22(27)23(28)26-15-21(20-7-4-14-32-20)33(29,30)18-10-8-17(24)9-11-18/h2-11,14,21H,12-13,15H2,1H3,(H,25,27)(H,26,28)/t21-/m0/s1. The van der Waals surface area contributed by atoms with Crippen molar-refractivity contribution in [2.24, 2.45) is 0 Å². The molecule has 0 bridgehead atoms. The van der Waals surface area contributed by atoms with Crippen LogP contribution in [0, 0.1) is 0 Å². The lowest BCUT2D eigenvalue weighted by atomic mass is 10.1. The summed E-state index contributed by atoms with van der Waals surface area (Å²) in [6.45, 7) is -0.144. The minimum Gasteiger partial charge on any atom is -0.496 e. The second-order valence-electron chi connectivity index (χ2n) is 7.03. The van der Waals surface area contributed by atoms with Crippen molar-refractivity contribution in [2.45, 2.75) is 16.6 Å². The van der Waals surface area contributed by atoms with Crippen LogP contribution >= 0.6 is 11.6 Å². The van der Waals surface area contributed by atoms with Gasteiger partial charge in [0, 0.05) is 18.1 Å². The van der Waals surface area contributed by atoms with E-state index in [9.17, 15) is 18.0 Å². The summed E-state index contributed by atoms with van der Waals surface area (Å²) in [6, 6.07) is 16.1. The van der Waals surface area contributed by atoms with Crippen molar-refractivity contribution in [3.05, 3.63) is 83.3 Å². The smallest absolute Gasteiger partial charge is 0.309 e. The number of rotatable bonds is 9. The molecule has 33 heavy (non-hydrogen) atoms. The first kappa shape index (κ1) is 24.3. The van der Waals surface area contributed by atoms with Crippen molar-refractivity contribution in [1.29, 1.82) is 0 Å². The van der Waals surface area contributed by atoms with Crippen LogP contribution in [0.25, 0.3) is 0 Å². The highest BCUT2D eigenvalue weighted by molar-refractivity contribution is 7.91. The SMILES string of the molecule is COc1ccccc1CCNC(=O)C(=O)NC[C@@H](c1ccco1)S(=O)(=O)c1ccc(Cl)cc1. The molecule has 174 valence electrons. The Hall–Kier alpha value is -3.30. The van der Waals surface area contributed by atoms with Gasteiger partial charge in [0.2, 0.25) is 0 Å². The van der Waals surface area contributed by atoms with Gasteiger partial charge >= 0.3 is 11.8 Å². The van der Waals surface area contributed by atoms with Gasteiger partial charge in [-0.2, -0.15) is 0 Å². The Morgan fingerprint density at radius 3 is 2.36 bits per heavy atom. The van der Waals surface area contributed by atoms with Gasteiger partial charge in [0.15, 0.2) is 9.84 Å². The molecule has 2 N–H and O–H groups in total. The van der Waals surface area contributed by atoms with E-state index in [0.29, 0.717) is 17.2 Å². The van der Waals surface area contributed by atoms with E-state index in [1.54, 1.807) is 19.2 Å². The molecule has 1 aromatic heterocycles. The summed E-state index contributed by atoms with van der Waals surface area (Å²) in [7, 11) is -2.38. The number of sulfone groups is 1. The molecule has 2 aromatic carbocycles. The van der Waals surface area contributed by atoms with Crippen molar-refractivity contribution in [1.82, 2.24) is 10.6 Å². The Bertz CT molecular complexity index is 1190. The lowest BCUT2D eigenvalue weighted by Crippen LogP contribution is -2.42. The number of ether oxygens (including phenoxy) is 1. The predicted molar refractivity (Wildman–Crippen MR) is 123 cm³/mol. The zero-order chi connectivity index (χ0) is 23.8. The van der Waals surface area contributed by atoms with Gasteiger partial charge in [-0.15, -0.1) is 0 Å². The van der Waals surface area contributed by atoms with E-state index < -0.39 is 26.9 Å². The Balaban J connectivity index is 1.62. The zero-order valence-corrected chi connectivity index (χ0v) is 19.4. The molecular weight excluding hydrogens is 468 g/mol. The fourth-order valence-electron chi connectivity index (χ4n) is 3.19. The van der Waals surface area contributed by atoms with E-state index in [0.717, 1.165) is 5.56 Å². The number of carbonyl (C=O) groups excluding carboxylic acids is 2. The van der Waals surface area contributed by atoms with Gasteiger partial charge in [0.1, 0.15) is 16.8 Å². The summed E-state index contributed by atoms with van der Waals surface area (Å²) in [5, 5.41) is 4.08. The Morgan fingerprint density at radius 2 is 1.70 bits per heavy atom. The Labute approximate surface area is 196 Å². The summed E-state index contributed by atoms with van der Waals surface area (Å²) in [5.41, 5.74) is 0.882. The van der Waals surface area contributed by atoms with Crippen LogP contribution < -0.4 is 15.4 Å². The van der Waals surface area contributed by atoms with E-state index in [1.807, 2.05) is 18.2 Å². The third-order valence-electron chi connectivity index (χ3n) is 4.90. The van der Waals surface area contributed by atoms with Crippen molar-refractivity contribution < 1.29 is 27.2 Å². The number of amides is 2. The van der Waals surface area contributed by atoms with E-state index in [1.165, 1.54) is 36.6 Å². The fourth-order valence-corrected chi connectivity index (χ4v) is 4.91. The zero-order valence-electron chi connectivity index (χ0n) is 17.8. The highest BCUT2D eigenvalue weighted by Crippen LogP contribution is 2.29. The maximum atomic E-state index is 13.1. The topological polar surface area (TPSA) is 115 Å². The minimum absolute atomic E-state index is 0.0174. The lowest BCUT2D eigenvalue weighted by Gasteiger charge is -2.16. The van der Waals surface area contributed by atoms with Crippen molar-refractivity contribution in [2.75, 3.05) is 20.2 Å².